The molecule has 0 aromatic carbocycles. The summed E-state index contributed by atoms with van der Waals surface area (Å²) in [5, 5.41) is 10.6. The van der Waals surface area contributed by atoms with E-state index in [-0.39, 0.29) is 5.60 Å². The molecule has 3 aliphatic rings. The topological polar surface area (TPSA) is 20.2 Å². The van der Waals surface area contributed by atoms with Crippen molar-refractivity contribution in [3.63, 3.8) is 0 Å². The molecule has 0 saturated heterocycles. The molecule has 0 amide bonds. The van der Waals surface area contributed by atoms with Gasteiger partial charge in [0.25, 0.3) is 0 Å². The third kappa shape index (κ3) is 1.16. The monoisotopic (exact) mass is 222 g/mol. The van der Waals surface area contributed by atoms with Crippen LogP contribution in [-0.4, -0.2) is 10.7 Å². The molecule has 0 aromatic rings. The molecule has 1 N–H and O–H groups in total. The van der Waals surface area contributed by atoms with Crippen LogP contribution in [0.2, 0.25) is 0 Å². The maximum atomic E-state index is 10.6. The van der Waals surface area contributed by atoms with Crippen molar-refractivity contribution >= 4 is 0 Å². The largest absolute Gasteiger partial charge is 0.390 e. The highest BCUT2D eigenvalue weighted by Crippen LogP contribution is 2.70. The van der Waals surface area contributed by atoms with Gasteiger partial charge in [-0.15, -0.1) is 0 Å². The summed E-state index contributed by atoms with van der Waals surface area (Å²) >= 11 is 0. The molecule has 0 heterocycles. The van der Waals surface area contributed by atoms with Crippen LogP contribution in [0.5, 0.6) is 0 Å². The molecule has 3 fully saturated rings. The second-order valence-corrected chi connectivity index (χ2v) is 7.90. The van der Waals surface area contributed by atoms with E-state index in [9.17, 15) is 5.11 Å². The quantitative estimate of drug-likeness (QED) is 0.664. The Bertz CT molecular complexity index is 317. The Balaban J connectivity index is 1.93. The zero-order chi connectivity index (χ0) is 11.8. The van der Waals surface area contributed by atoms with Gasteiger partial charge in [-0.25, -0.2) is 0 Å². The van der Waals surface area contributed by atoms with Gasteiger partial charge in [0.1, 0.15) is 0 Å². The van der Waals surface area contributed by atoms with Crippen molar-refractivity contribution in [3.05, 3.63) is 0 Å². The first-order chi connectivity index (χ1) is 7.27. The molecule has 3 aliphatic carbocycles. The SMILES string of the molecule is CC1(C)C[C@H]2[C@@H]1CC[C@](C)(O)[C@H]1CCC21C. The zero-order valence-electron chi connectivity index (χ0n) is 11.2. The highest BCUT2D eigenvalue weighted by molar-refractivity contribution is 5.14. The molecule has 3 rings (SSSR count). The minimum Gasteiger partial charge on any atom is -0.390 e. The first-order valence-electron chi connectivity index (χ1n) is 7.00. The normalized spacial score (nSPS) is 58.7. The van der Waals surface area contributed by atoms with Gasteiger partial charge in [-0.1, -0.05) is 20.8 Å². The Labute approximate surface area is 99.6 Å². The van der Waals surface area contributed by atoms with Crippen molar-refractivity contribution in [1.29, 1.82) is 0 Å². The van der Waals surface area contributed by atoms with Crippen LogP contribution >= 0.6 is 0 Å². The summed E-state index contributed by atoms with van der Waals surface area (Å²) in [5.41, 5.74) is 0.606. The molecule has 3 saturated carbocycles. The number of fused-ring (bicyclic) bond motifs is 3. The summed E-state index contributed by atoms with van der Waals surface area (Å²) in [5.74, 6) is 2.34. The van der Waals surface area contributed by atoms with Gasteiger partial charge in [-0.3, -0.25) is 0 Å². The van der Waals surface area contributed by atoms with Gasteiger partial charge < -0.3 is 5.11 Å². The van der Waals surface area contributed by atoms with Crippen molar-refractivity contribution in [3.8, 4) is 0 Å². The first kappa shape index (κ1) is 11.1. The van der Waals surface area contributed by atoms with Gasteiger partial charge in [0.15, 0.2) is 0 Å². The predicted octanol–water partition coefficient (Wildman–Crippen LogP) is 3.61. The molecule has 0 aromatic heterocycles. The molecule has 0 bridgehead atoms. The third-order valence-electron chi connectivity index (χ3n) is 6.56. The van der Waals surface area contributed by atoms with Gasteiger partial charge in [0, 0.05) is 0 Å². The lowest BCUT2D eigenvalue weighted by Gasteiger charge is -2.64. The summed E-state index contributed by atoms with van der Waals surface area (Å²) in [6, 6.07) is 0. The molecule has 16 heavy (non-hydrogen) atoms. The summed E-state index contributed by atoms with van der Waals surface area (Å²) in [7, 11) is 0. The van der Waals surface area contributed by atoms with Crippen LogP contribution in [0.3, 0.4) is 0 Å². The van der Waals surface area contributed by atoms with Crippen LogP contribution in [-0.2, 0) is 0 Å². The van der Waals surface area contributed by atoms with E-state index in [1.807, 2.05) is 0 Å². The Morgan fingerprint density at radius 2 is 1.62 bits per heavy atom. The van der Waals surface area contributed by atoms with E-state index in [1.165, 1.54) is 25.7 Å². The highest BCUT2D eigenvalue weighted by Gasteiger charge is 2.64. The molecule has 1 nitrogen and oxygen atoms in total. The van der Waals surface area contributed by atoms with Gasteiger partial charge in [-0.05, 0) is 67.6 Å². The first-order valence-corrected chi connectivity index (χ1v) is 7.00. The van der Waals surface area contributed by atoms with Gasteiger partial charge in [0.05, 0.1) is 5.60 Å². The Morgan fingerprint density at radius 3 is 2.12 bits per heavy atom. The summed E-state index contributed by atoms with van der Waals surface area (Å²) in [4.78, 5) is 0. The Hall–Kier alpha value is -0.0400. The molecule has 0 radical (unpaired) electrons. The summed E-state index contributed by atoms with van der Waals surface area (Å²) in [6.45, 7) is 9.39. The fourth-order valence-electron chi connectivity index (χ4n) is 5.36. The lowest BCUT2D eigenvalue weighted by atomic mass is 9.41. The van der Waals surface area contributed by atoms with E-state index in [0.717, 1.165) is 18.3 Å². The standard InChI is InChI=1S/C15H26O/c1-13(2)9-11-10(13)5-8-15(4,16)12-6-7-14(11,12)3/h10-12,16H,5-9H2,1-4H3/t10-,11-,12-,14?,15-/m0/s1. The predicted molar refractivity (Wildman–Crippen MR) is 66.1 cm³/mol. The minimum atomic E-state index is -0.388. The van der Waals surface area contributed by atoms with Crippen molar-refractivity contribution in [2.45, 2.75) is 65.4 Å². The number of aliphatic hydroxyl groups is 1. The average Bonchev–Trinajstić information content (AvgIpc) is 2.13. The van der Waals surface area contributed by atoms with E-state index in [2.05, 4.69) is 27.7 Å². The summed E-state index contributed by atoms with van der Waals surface area (Å²) in [6.07, 6.45) is 6.27. The molecule has 1 heteroatoms. The van der Waals surface area contributed by atoms with Gasteiger partial charge in [0.2, 0.25) is 0 Å². The Morgan fingerprint density at radius 1 is 0.938 bits per heavy atom. The van der Waals surface area contributed by atoms with E-state index >= 15 is 0 Å². The van der Waals surface area contributed by atoms with Crippen LogP contribution in [0.25, 0.3) is 0 Å². The highest BCUT2D eigenvalue weighted by atomic mass is 16.3. The number of hydrogen-bond acceptors (Lipinski definition) is 1. The van der Waals surface area contributed by atoms with Crippen LogP contribution in [0.15, 0.2) is 0 Å². The molecular weight excluding hydrogens is 196 g/mol. The maximum absolute atomic E-state index is 10.6. The van der Waals surface area contributed by atoms with Crippen molar-refractivity contribution in [2.75, 3.05) is 0 Å². The van der Waals surface area contributed by atoms with Crippen molar-refractivity contribution in [1.82, 2.24) is 0 Å². The zero-order valence-corrected chi connectivity index (χ0v) is 11.2. The van der Waals surface area contributed by atoms with Crippen LogP contribution < -0.4 is 0 Å². The second kappa shape index (κ2) is 2.85. The molecular formula is C15H26O. The Kier molecular flexibility index (Phi) is 1.98. The van der Waals surface area contributed by atoms with Crippen molar-refractivity contribution < 1.29 is 5.11 Å². The lowest BCUT2D eigenvalue weighted by molar-refractivity contribution is -0.176. The van der Waals surface area contributed by atoms with E-state index in [1.54, 1.807) is 0 Å². The second-order valence-electron chi connectivity index (χ2n) is 7.90. The van der Waals surface area contributed by atoms with Crippen LogP contribution in [0.1, 0.15) is 59.8 Å². The number of hydrogen-bond donors (Lipinski definition) is 1. The molecule has 92 valence electrons. The lowest BCUT2D eigenvalue weighted by Crippen LogP contribution is -2.58. The van der Waals surface area contributed by atoms with E-state index in [0.29, 0.717) is 16.7 Å². The van der Waals surface area contributed by atoms with Gasteiger partial charge >= 0.3 is 0 Å². The van der Waals surface area contributed by atoms with Crippen LogP contribution in [0.4, 0.5) is 0 Å². The maximum Gasteiger partial charge on any atom is 0.0653 e. The third-order valence-corrected chi connectivity index (χ3v) is 6.56. The van der Waals surface area contributed by atoms with Gasteiger partial charge in [-0.2, -0.15) is 0 Å². The van der Waals surface area contributed by atoms with E-state index < -0.39 is 0 Å². The fraction of sp³-hybridized carbons (Fsp3) is 1.00. The molecule has 5 atom stereocenters. The van der Waals surface area contributed by atoms with Crippen molar-refractivity contribution in [2.24, 2.45) is 28.6 Å². The van der Waals surface area contributed by atoms with Crippen LogP contribution in [0, 0.1) is 28.6 Å². The average molecular weight is 222 g/mol. The smallest absolute Gasteiger partial charge is 0.0653 e. The summed E-state index contributed by atoms with van der Waals surface area (Å²) < 4.78 is 0. The molecule has 0 aliphatic heterocycles. The minimum absolute atomic E-state index is 0.388. The fourth-order valence-corrected chi connectivity index (χ4v) is 5.36. The molecule has 1 unspecified atom stereocenters. The number of rotatable bonds is 0. The molecule has 0 spiro atoms. The van der Waals surface area contributed by atoms with E-state index in [4.69, 9.17) is 0 Å².